The monoisotopic (exact) mass is 588 g/mol. The van der Waals surface area contributed by atoms with Gasteiger partial charge in [0.05, 0.1) is 11.6 Å². The Morgan fingerprint density at radius 3 is 2.47 bits per heavy atom. The van der Waals surface area contributed by atoms with E-state index in [1.54, 1.807) is 14.1 Å². The summed E-state index contributed by atoms with van der Waals surface area (Å²) in [6.07, 6.45) is 14.2. The molecule has 0 heterocycles. The van der Waals surface area contributed by atoms with E-state index in [2.05, 4.69) is 12.2 Å². The van der Waals surface area contributed by atoms with Crippen molar-refractivity contribution in [2.75, 3.05) is 14.1 Å². The average Bonchev–Trinajstić information content (AvgIpc) is 3.43. The van der Waals surface area contributed by atoms with Crippen molar-refractivity contribution in [1.29, 1.82) is 0 Å². The number of rotatable bonds is 6. The summed E-state index contributed by atoms with van der Waals surface area (Å²) in [5.74, 6) is -5.64. The molecule has 43 heavy (non-hydrogen) atoms. The number of aliphatic hydroxyl groups is 3. The maximum Gasteiger partial charge on any atom is 0.255 e. The van der Waals surface area contributed by atoms with E-state index >= 15 is 0 Å². The van der Waals surface area contributed by atoms with Gasteiger partial charge >= 0.3 is 0 Å². The van der Waals surface area contributed by atoms with Gasteiger partial charge < -0.3 is 26.2 Å². The smallest absolute Gasteiger partial charge is 0.255 e. The number of phenols is 1. The highest BCUT2D eigenvalue weighted by molar-refractivity contribution is 6.24. The summed E-state index contributed by atoms with van der Waals surface area (Å²) in [6.45, 7) is 0. The molecule has 1 aromatic carbocycles. The molecule has 1 amide bonds. The van der Waals surface area contributed by atoms with E-state index in [0.29, 0.717) is 5.56 Å². The van der Waals surface area contributed by atoms with Crippen molar-refractivity contribution in [3.05, 3.63) is 63.5 Å². The number of allylic oxidation sites excluding steroid dienone is 4. The second-order valence-electron chi connectivity index (χ2n) is 13.2. The van der Waals surface area contributed by atoms with Crippen molar-refractivity contribution in [3.8, 4) is 5.75 Å². The van der Waals surface area contributed by atoms with Gasteiger partial charge in [-0.05, 0) is 80.8 Å². The molecule has 5 aliphatic rings. The number of hydrogen-bond acceptors (Lipinski definition) is 8. The molecule has 228 valence electrons. The summed E-state index contributed by atoms with van der Waals surface area (Å²) in [6, 6.07) is 2.24. The van der Waals surface area contributed by atoms with Gasteiger partial charge in [-0.3, -0.25) is 19.3 Å². The predicted molar refractivity (Wildman–Crippen MR) is 161 cm³/mol. The molecule has 1 unspecified atom stereocenters. The lowest BCUT2D eigenvalue weighted by Crippen LogP contribution is -2.65. The van der Waals surface area contributed by atoms with Crippen LogP contribution in [0.1, 0.15) is 74.5 Å². The first kappa shape index (κ1) is 29.4. The SMILES string of the molecule is CN(C)C1C(=O)C(C(N)=O)=C(O)[C@]2(O)C(=O)C3=C(O)c4c(O)ccc(C5=CC=C(CCC6CCCCC6)C5)c4C[C@@H]3C[C@H]12. The zero-order chi connectivity index (χ0) is 30.8. The molecule has 0 radical (unpaired) electrons. The molecule has 0 spiro atoms. The molecular weight excluding hydrogens is 548 g/mol. The number of aliphatic hydroxyl groups excluding tert-OH is 2. The van der Waals surface area contributed by atoms with Crippen LogP contribution in [0.3, 0.4) is 0 Å². The normalized spacial score (nSPS) is 29.3. The number of nitrogens with two attached hydrogens (primary N) is 1. The Hall–Kier alpha value is -3.69. The fourth-order valence-corrected chi connectivity index (χ4v) is 8.35. The minimum atomic E-state index is -2.64. The number of ketones is 2. The Kier molecular flexibility index (Phi) is 7.37. The second kappa shape index (κ2) is 10.8. The molecule has 2 fully saturated rings. The van der Waals surface area contributed by atoms with E-state index in [0.717, 1.165) is 29.9 Å². The van der Waals surface area contributed by atoms with Gasteiger partial charge in [-0.2, -0.15) is 0 Å². The molecule has 4 atom stereocenters. The maximum atomic E-state index is 14.0. The standard InChI is InChI=1S/C34H40N2O7/c1-36(2)28-23-16-20-15-22-21(19-11-10-18(14-19)9-8-17-6-4-3-5-7-17)12-13-24(37)26(22)29(38)25(20)31(40)34(23,43)32(41)27(30(28)39)33(35)42/h10-13,17,20,23,28,37-38,41,43H,3-9,14-16H2,1-2H3,(H2,35,42)/t20-,23-,28?,34-/m1/s1. The molecule has 2 saturated carbocycles. The van der Waals surface area contributed by atoms with Gasteiger partial charge in [0.1, 0.15) is 22.8 Å². The molecule has 0 saturated heterocycles. The minimum absolute atomic E-state index is 0.0742. The summed E-state index contributed by atoms with van der Waals surface area (Å²) in [5.41, 5.74) is 5.98. The Labute approximate surface area is 251 Å². The van der Waals surface area contributed by atoms with Crippen molar-refractivity contribution in [2.45, 2.75) is 75.9 Å². The second-order valence-corrected chi connectivity index (χ2v) is 13.2. The van der Waals surface area contributed by atoms with Crippen LogP contribution >= 0.6 is 0 Å². The first-order valence-electron chi connectivity index (χ1n) is 15.3. The highest BCUT2D eigenvalue weighted by Gasteiger charge is 2.64. The fourth-order valence-electron chi connectivity index (χ4n) is 8.35. The van der Waals surface area contributed by atoms with Crippen molar-refractivity contribution in [1.82, 2.24) is 4.90 Å². The number of aromatic hydroxyl groups is 1. The first-order chi connectivity index (χ1) is 20.4. The number of primary amides is 1. The number of nitrogens with zero attached hydrogens (tertiary/aromatic N) is 1. The summed E-state index contributed by atoms with van der Waals surface area (Å²) in [4.78, 5) is 41.0. The summed E-state index contributed by atoms with van der Waals surface area (Å²) < 4.78 is 0. The molecule has 1 aromatic rings. The number of carbonyl (C=O) groups is 3. The molecule has 9 nitrogen and oxygen atoms in total. The van der Waals surface area contributed by atoms with Gasteiger partial charge in [0.2, 0.25) is 5.78 Å². The molecule has 6 rings (SSSR count). The lowest BCUT2D eigenvalue weighted by Gasteiger charge is -2.50. The van der Waals surface area contributed by atoms with E-state index in [1.165, 1.54) is 55.1 Å². The topological polar surface area (TPSA) is 161 Å². The lowest BCUT2D eigenvalue weighted by atomic mass is 9.57. The van der Waals surface area contributed by atoms with Crippen LogP contribution < -0.4 is 5.73 Å². The van der Waals surface area contributed by atoms with Gasteiger partial charge in [-0.25, -0.2) is 0 Å². The number of phenolic OH excluding ortho intramolecular Hbond substituents is 1. The van der Waals surface area contributed by atoms with E-state index in [1.807, 2.05) is 6.07 Å². The third-order valence-electron chi connectivity index (χ3n) is 10.5. The Morgan fingerprint density at radius 1 is 1.07 bits per heavy atom. The van der Waals surface area contributed by atoms with Crippen LogP contribution in [-0.4, -0.2) is 68.5 Å². The van der Waals surface area contributed by atoms with Gasteiger partial charge in [0.25, 0.3) is 5.91 Å². The van der Waals surface area contributed by atoms with E-state index in [-0.39, 0.29) is 29.7 Å². The van der Waals surface area contributed by atoms with Crippen LogP contribution in [0, 0.1) is 17.8 Å². The van der Waals surface area contributed by atoms with Gasteiger partial charge in [0.15, 0.2) is 11.4 Å². The molecular formula is C34H40N2O7. The number of likely N-dealkylation sites (N-methyl/N-ethyl adjacent to an activating group) is 1. The Morgan fingerprint density at radius 2 is 1.79 bits per heavy atom. The highest BCUT2D eigenvalue weighted by atomic mass is 16.3. The van der Waals surface area contributed by atoms with Crippen molar-refractivity contribution >= 4 is 28.8 Å². The summed E-state index contributed by atoms with van der Waals surface area (Å²) in [5, 5.41) is 45.2. The maximum absolute atomic E-state index is 14.0. The summed E-state index contributed by atoms with van der Waals surface area (Å²) >= 11 is 0. The predicted octanol–water partition coefficient (Wildman–Crippen LogP) is 4.04. The number of benzene rings is 1. The largest absolute Gasteiger partial charge is 0.508 e. The minimum Gasteiger partial charge on any atom is -0.508 e. The zero-order valence-corrected chi connectivity index (χ0v) is 24.7. The van der Waals surface area contributed by atoms with Crippen LogP contribution in [0.15, 0.2) is 46.8 Å². The number of amides is 1. The molecule has 0 bridgehead atoms. The number of fused-ring (bicyclic) bond motifs is 3. The van der Waals surface area contributed by atoms with Gasteiger partial charge in [-0.1, -0.05) is 55.9 Å². The lowest BCUT2D eigenvalue weighted by molar-refractivity contribution is -0.153. The first-order valence-corrected chi connectivity index (χ1v) is 15.3. The number of Topliss-reactive ketones (excluding diaryl/α,β-unsaturated/α-hetero) is 2. The Bertz CT molecular complexity index is 1540. The Balaban J connectivity index is 1.35. The third-order valence-corrected chi connectivity index (χ3v) is 10.5. The zero-order valence-electron chi connectivity index (χ0n) is 24.7. The molecule has 0 aromatic heterocycles. The molecule has 6 N–H and O–H groups in total. The van der Waals surface area contributed by atoms with Crippen LogP contribution in [0.4, 0.5) is 0 Å². The van der Waals surface area contributed by atoms with Crippen molar-refractivity contribution < 1.29 is 34.8 Å². The number of carbonyl (C=O) groups excluding carboxylic acids is 3. The van der Waals surface area contributed by atoms with Crippen molar-refractivity contribution in [3.63, 3.8) is 0 Å². The highest BCUT2D eigenvalue weighted by Crippen LogP contribution is 2.53. The summed E-state index contributed by atoms with van der Waals surface area (Å²) in [7, 11) is 3.18. The van der Waals surface area contributed by atoms with Gasteiger partial charge in [0, 0.05) is 11.5 Å². The molecule has 0 aliphatic heterocycles. The van der Waals surface area contributed by atoms with Crippen molar-refractivity contribution in [2.24, 2.45) is 23.5 Å². The van der Waals surface area contributed by atoms with E-state index in [4.69, 9.17) is 5.73 Å². The van der Waals surface area contributed by atoms with Gasteiger partial charge in [-0.15, -0.1) is 0 Å². The van der Waals surface area contributed by atoms with Crippen LogP contribution in [0.5, 0.6) is 5.75 Å². The average molecular weight is 589 g/mol. The van der Waals surface area contributed by atoms with Crippen LogP contribution in [0.25, 0.3) is 11.3 Å². The quantitative estimate of drug-likeness (QED) is 0.311. The van der Waals surface area contributed by atoms with E-state index < -0.39 is 58.0 Å². The van der Waals surface area contributed by atoms with Crippen LogP contribution in [0.2, 0.25) is 0 Å². The number of hydrogen-bond donors (Lipinski definition) is 5. The third kappa shape index (κ3) is 4.55. The molecule has 5 aliphatic carbocycles. The van der Waals surface area contributed by atoms with Crippen LogP contribution in [-0.2, 0) is 20.8 Å². The molecule has 9 heteroatoms. The van der Waals surface area contributed by atoms with E-state index in [9.17, 15) is 34.8 Å². The fraction of sp³-hybridized carbons (Fsp3) is 0.500.